The van der Waals surface area contributed by atoms with Crippen molar-refractivity contribution in [3.63, 3.8) is 0 Å². The van der Waals surface area contributed by atoms with Crippen molar-refractivity contribution in [3.05, 3.63) is 80.1 Å². The van der Waals surface area contributed by atoms with E-state index in [0.29, 0.717) is 10.6 Å². The van der Waals surface area contributed by atoms with Crippen molar-refractivity contribution in [1.82, 2.24) is 13.5 Å². The van der Waals surface area contributed by atoms with Crippen LogP contribution >= 0.6 is 11.5 Å². The summed E-state index contributed by atoms with van der Waals surface area (Å²) in [6.45, 7) is 4.02. The van der Waals surface area contributed by atoms with E-state index < -0.39 is 23.1 Å². The van der Waals surface area contributed by atoms with Gasteiger partial charge in [-0.15, -0.1) is 0 Å². The van der Waals surface area contributed by atoms with Gasteiger partial charge in [0.05, 0.1) is 16.1 Å². The number of fused-ring (bicyclic) bond motifs is 1. The topological polar surface area (TPSA) is 56.9 Å². The second-order valence-corrected chi connectivity index (χ2v) is 8.07. The Morgan fingerprint density at radius 1 is 1.06 bits per heavy atom. The second kappa shape index (κ2) is 7.49. The van der Waals surface area contributed by atoms with Crippen molar-refractivity contribution >= 4 is 21.6 Å². The molecule has 4 rings (SSSR count). The summed E-state index contributed by atoms with van der Waals surface area (Å²) in [7, 11) is 0.997. The third-order valence-electron chi connectivity index (χ3n) is 5.22. The van der Waals surface area contributed by atoms with Gasteiger partial charge < -0.3 is 0 Å². The highest BCUT2D eigenvalue weighted by Gasteiger charge is 2.35. The zero-order valence-corrected chi connectivity index (χ0v) is 17.8. The molecule has 0 aliphatic heterocycles. The van der Waals surface area contributed by atoms with Gasteiger partial charge in [-0.1, -0.05) is 24.6 Å². The smallest absolute Gasteiger partial charge is 0.292 e. The highest BCUT2D eigenvalue weighted by atomic mass is 32.1. The summed E-state index contributed by atoms with van der Waals surface area (Å²) in [5, 5.41) is 0.733. The van der Waals surface area contributed by atoms with Gasteiger partial charge >= 0.3 is 11.9 Å². The monoisotopic (exact) mass is 445 g/mol. The summed E-state index contributed by atoms with van der Waals surface area (Å²) < 4.78 is 46.0. The molecule has 0 spiro atoms. The number of alkyl halides is 3. The molecule has 0 radical (unpaired) electrons. The fraction of sp³-hybridized carbons (Fsp3) is 0.227. The average Bonchev–Trinajstić information content (AvgIpc) is 3.13. The molecule has 0 aliphatic rings. The van der Waals surface area contributed by atoms with Gasteiger partial charge in [-0.25, -0.2) is 9.36 Å². The second-order valence-electron chi connectivity index (χ2n) is 7.27. The van der Waals surface area contributed by atoms with Gasteiger partial charge in [-0.2, -0.15) is 17.5 Å². The van der Waals surface area contributed by atoms with E-state index in [1.54, 1.807) is 12.1 Å². The SMILES string of the molecule is CCc1ccc(C)cc1-c1nsc2ccc(-n3c(=O)cc(C(F)(F)F)n(C)c3=O)cc12. The van der Waals surface area contributed by atoms with E-state index >= 15 is 0 Å². The van der Waals surface area contributed by atoms with Gasteiger partial charge in [0.15, 0.2) is 0 Å². The van der Waals surface area contributed by atoms with Crippen molar-refractivity contribution in [2.24, 2.45) is 7.05 Å². The highest BCUT2D eigenvalue weighted by Crippen LogP contribution is 2.34. The number of rotatable bonds is 3. The lowest BCUT2D eigenvalue weighted by Crippen LogP contribution is -2.40. The Morgan fingerprint density at radius 2 is 1.81 bits per heavy atom. The Balaban J connectivity index is 1.96. The normalized spacial score (nSPS) is 11.9. The number of aromatic nitrogens is 3. The van der Waals surface area contributed by atoms with Gasteiger partial charge in [0.1, 0.15) is 5.69 Å². The van der Waals surface area contributed by atoms with Crippen LogP contribution in [0.3, 0.4) is 0 Å². The molecule has 0 unspecified atom stereocenters. The van der Waals surface area contributed by atoms with Crippen LogP contribution < -0.4 is 11.2 Å². The van der Waals surface area contributed by atoms with Crippen LogP contribution in [-0.2, 0) is 19.6 Å². The molecule has 0 bridgehead atoms. The fourth-order valence-electron chi connectivity index (χ4n) is 3.61. The van der Waals surface area contributed by atoms with Gasteiger partial charge in [-0.3, -0.25) is 9.36 Å². The van der Waals surface area contributed by atoms with Crippen LogP contribution in [0.1, 0.15) is 23.7 Å². The lowest BCUT2D eigenvalue weighted by atomic mass is 9.98. The third kappa shape index (κ3) is 3.59. The summed E-state index contributed by atoms with van der Waals surface area (Å²) >= 11 is 1.29. The highest BCUT2D eigenvalue weighted by molar-refractivity contribution is 7.13. The molecule has 0 atom stereocenters. The molecule has 0 saturated heterocycles. The first kappa shape index (κ1) is 21.0. The first-order chi connectivity index (χ1) is 14.6. The molecule has 0 fully saturated rings. The molecule has 160 valence electrons. The van der Waals surface area contributed by atoms with E-state index in [4.69, 9.17) is 0 Å². The van der Waals surface area contributed by atoms with Crippen molar-refractivity contribution in [2.75, 3.05) is 0 Å². The summed E-state index contributed by atoms with van der Waals surface area (Å²) in [6, 6.07) is 11.4. The minimum Gasteiger partial charge on any atom is -0.292 e. The Morgan fingerprint density at radius 3 is 2.48 bits per heavy atom. The quantitative estimate of drug-likeness (QED) is 0.459. The zero-order valence-electron chi connectivity index (χ0n) is 16.9. The van der Waals surface area contributed by atoms with Crippen molar-refractivity contribution < 1.29 is 13.2 Å². The van der Waals surface area contributed by atoms with Gasteiger partial charge in [-0.05, 0) is 54.7 Å². The number of hydrogen-bond donors (Lipinski definition) is 0. The Bertz CT molecular complexity index is 1430. The maximum atomic E-state index is 13.1. The Hall–Kier alpha value is -3.20. The molecule has 2 aromatic heterocycles. The van der Waals surface area contributed by atoms with Crippen LogP contribution in [0, 0.1) is 6.92 Å². The van der Waals surface area contributed by atoms with Crippen molar-refractivity contribution in [1.29, 1.82) is 0 Å². The molecule has 0 saturated carbocycles. The number of aryl methyl sites for hydroxylation is 2. The van der Waals surface area contributed by atoms with Crippen LogP contribution in [0.4, 0.5) is 13.2 Å². The molecule has 9 heteroatoms. The summed E-state index contributed by atoms with van der Waals surface area (Å²) in [4.78, 5) is 25.1. The van der Waals surface area contributed by atoms with E-state index in [2.05, 4.69) is 4.37 Å². The van der Waals surface area contributed by atoms with Crippen LogP contribution in [0.15, 0.2) is 52.1 Å². The maximum Gasteiger partial charge on any atom is 0.431 e. The largest absolute Gasteiger partial charge is 0.431 e. The first-order valence-corrected chi connectivity index (χ1v) is 10.3. The Kier molecular flexibility index (Phi) is 5.09. The standard InChI is InChI=1S/C22H18F3N3O2S/c1-4-13-6-5-12(2)9-15(13)20-16-10-14(7-8-17(16)31-26-20)28-19(29)11-18(22(23,24)25)27(3)21(28)30/h5-11H,4H2,1-3H3. The molecule has 0 N–H and O–H groups in total. The number of benzene rings is 2. The lowest BCUT2D eigenvalue weighted by Gasteiger charge is -2.14. The molecule has 2 aromatic carbocycles. The molecular weight excluding hydrogens is 427 g/mol. The van der Waals surface area contributed by atoms with E-state index in [-0.39, 0.29) is 5.69 Å². The van der Waals surface area contributed by atoms with Crippen molar-refractivity contribution in [3.8, 4) is 16.9 Å². The fourth-order valence-corrected chi connectivity index (χ4v) is 4.38. The van der Waals surface area contributed by atoms with Crippen LogP contribution in [0.2, 0.25) is 0 Å². The molecule has 2 heterocycles. The van der Waals surface area contributed by atoms with E-state index in [0.717, 1.165) is 50.5 Å². The minimum absolute atomic E-state index is 0.193. The van der Waals surface area contributed by atoms with Crippen LogP contribution in [0.25, 0.3) is 27.0 Å². The zero-order chi connectivity index (χ0) is 22.5. The predicted octanol–water partition coefficient (Wildman–Crippen LogP) is 4.70. The van der Waals surface area contributed by atoms with E-state index in [9.17, 15) is 22.8 Å². The van der Waals surface area contributed by atoms with Crippen LogP contribution in [0.5, 0.6) is 0 Å². The molecule has 0 aliphatic carbocycles. The molecule has 4 aromatic rings. The maximum absolute atomic E-state index is 13.1. The molecule has 0 amide bonds. The average molecular weight is 445 g/mol. The van der Waals surface area contributed by atoms with Crippen molar-refractivity contribution in [2.45, 2.75) is 26.4 Å². The van der Waals surface area contributed by atoms with E-state index in [1.165, 1.54) is 17.6 Å². The lowest BCUT2D eigenvalue weighted by molar-refractivity contribution is -0.144. The van der Waals surface area contributed by atoms with Gasteiger partial charge in [0.25, 0.3) is 5.56 Å². The third-order valence-corrected chi connectivity index (χ3v) is 6.05. The molecular formula is C22H18F3N3O2S. The first-order valence-electron chi connectivity index (χ1n) is 9.51. The Labute approximate surface area is 179 Å². The summed E-state index contributed by atoms with van der Waals surface area (Å²) in [5.41, 5.74) is 0.656. The molecule has 5 nitrogen and oxygen atoms in total. The number of hydrogen-bond acceptors (Lipinski definition) is 4. The summed E-state index contributed by atoms with van der Waals surface area (Å²) in [5.74, 6) is 0. The number of nitrogens with zero attached hydrogens (tertiary/aromatic N) is 3. The molecule has 31 heavy (non-hydrogen) atoms. The van der Waals surface area contributed by atoms with E-state index in [1.807, 2.05) is 32.0 Å². The minimum atomic E-state index is -4.80. The van der Waals surface area contributed by atoms with Gasteiger partial charge in [0.2, 0.25) is 0 Å². The predicted molar refractivity (Wildman–Crippen MR) is 115 cm³/mol. The van der Waals surface area contributed by atoms with Gasteiger partial charge in [0, 0.05) is 24.1 Å². The summed E-state index contributed by atoms with van der Waals surface area (Å²) in [6.07, 6.45) is -4.00. The van der Waals surface area contributed by atoms with Crippen LogP contribution in [-0.4, -0.2) is 13.5 Å². The number of halogens is 3.